The number of carbonyl (C=O) groups is 1. The molecule has 1 fully saturated rings. The Balaban J connectivity index is 2.30. The van der Waals surface area contributed by atoms with Gasteiger partial charge in [-0.1, -0.05) is 12.2 Å². The molecule has 1 rings (SSSR count). The number of nitrogens with zero attached hydrogens (tertiary/aromatic N) is 2. The number of hydrogen-bond donors (Lipinski definition) is 0. The summed E-state index contributed by atoms with van der Waals surface area (Å²) in [7, 11) is 0. The van der Waals surface area contributed by atoms with E-state index in [1.54, 1.807) is 4.90 Å². The molecule has 4 heteroatoms. The highest BCUT2D eigenvalue weighted by Crippen LogP contribution is 2.20. The molecule has 0 atom stereocenters. The second-order valence-corrected chi connectivity index (χ2v) is 6.05. The van der Waals surface area contributed by atoms with Crippen LogP contribution in [0.4, 0.5) is 4.79 Å². The number of carbonyl (C=O) groups excluding carboxylic acids is 1. The molecule has 0 radical (unpaired) electrons. The molecular weight excluding hydrogens is 240 g/mol. The SMILES string of the molecule is C=CCN(CC=C)CC1CN(C(=O)OC(C)(C)C)C1. The summed E-state index contributed by atoms with van der Waals surface area (Å²) in [6.45, 7) is 17.4. The summed E-state index contributed by atoms with van der Waals surface area (Å²) in [6, 6.07) is 0. The Labute approximate surface area is 116 Å². The Bertz CT molecular complexity index is 318. The van der Waals surface area contributed by atoms with Crippen molar-refractivity contribution in [3.05, 3.63) is 25.3 Å². The maximum atomic E-state index is 11.8. The van der Waals surface area contributed by atoms with E-state index in [4.69, 9.17) is 4.74 Å². The minimum absolute atomic E-state index is 0.206. The molecule has 0 spiro atoms. The van der Waals surface area contributed by atoms with E-state index in [-0.39, 0.29) is 6.09 Å². The molecule has 0 bridgehead atoms. The molecule has 1 saturated heterocycles. The van der Waals surface area contributed by atoms with Crippen LogP contribution in [0.2, 0.25) is 0 Å². The molecule has 0 aromatic heterocycles. The first-order valence-electron chi connectivity index (χ1n) is 6.77. The van der Waals surface area contributed by atoms with Crippen LogP contribution in [0.1, 0.15) is 20.8 Å². The molecule has 108 valence electrons. The summed E-state index contributed by atoms with van der Waals surface area (Å²) in [5.74, 6) is 0.521. The van der Waals surface area contributed by atoms with Crippen LogP contribution in [0.3, 0.4) is 0 Å². The number of rotatable bonds is 6. The van der Waals surface area contributed by atoms with Crippen LogP contribution in [-0.2, 0) is 4.74 Å². The summed E-state index contributed by atoms with van der Waals surface area (Å²) in [4.78, 5) is 15.8. The van der Waals surface area contributed by atoms with Gasteiger partial charge in [0.25, 0.3) is 0 Å². The van der Waals surface area contributed by atoms with Gasteiger partial charge in [-0.05, 0) is 20.8 Å². The van der Waals surface area contributed by atoms with Gasteiger partial charge in [0.15, 0.2) is 0 Å². The molecule has 1 aliphatic heterocycles. The highest BCUT2D eigenvalue weighted by molar-refractivity contribution is 5.69. The van der Waals surface area contributed by atoms with Gasteiger partial charge in [0.2, 0.25) is 0 Å². The van der Waals surface area contributed by atoms with Crippen LogP contribution in [-0.4, -0.2) is 54.2 Å². The number of likely N-dealkylation sites (tertiary alicyclic amines) is 1. The Hall–Kier alpha value is -1.29. The maximum Gasteiger partial charge on any atom is 0.410 e. The molecule has 0 saturated carbocycles. The zero-order valence-corrected chi connectivity index (χ0v) is 12.4. The topological polar surface area (TPSA) is 32.8 Å². The van der Waals surface area contributed by atoms with E-state index in [0.717, 1.165) is 32.7 Å². The fourth-order valence-electron chi connectivity index (χ4n) is 2.11. The second kappa shape index (κ2) is 6.75. The summed E-state index contributed by atoms with van der Waals surface area (Å²) in [5.41, 5.74) is -0.417. The standard InChI is InChI=1S/C15H26N2O2/c1-6-8-16(9-7-2)10-13-11-17(12-13)14(18)19-15(3,4)5/h6-7,13H,1-2,8-12H2,3-5H3. The minimum atomic E-state index is -0.417. The lowest BCUT2D eigenvalue weighted by Gasteiger charge is -2.41. The van der Waals surface area contributed by atoms with Crippen molar-refractivity contribution in [3.8, 4) is 0 Å². The molecule has 1 amide bonds. The van der Waals surface area contributed by atoms with Gasteiger partial charge in [-0.2, -0.15) is 0 Å². The monoisotopic (exact) mass is 266 g/mol. The Morgan fingerprint density at radius 3 is 2.26 bits per heavy atom. The predicted molar refractivity (Wildman–Crippen MR) is 78.1 cm³/mol. The molecule has 0 aromatic rings. The van der Waals surface area contributed by atoms with Gasteiger partial charge in [-0.15, -0.1) is 13.2 Å². The van der Waals surface area contributed by atoms with Crippen LogP contribution < -0.4 is 0 Å². The fraction of sp³-hybridized carbons (Fsp3) is 0.667. The number of amides is 1. The van der Waals surface area contributed by atoms with Crippen LogP contribution in [0, 0.1) is 5.92 Å². The van der Waals surface area contributed by atoms with E-state index in [2.05, 4.69) is 18.1 Å². The molecule has 1 aliphatic rings. The van der Waals surface area contributed by atoms with E-state index < -0.39 is 5.60 Å². The second-order valence-electron chi connectivity index (χ2n) is 6.05. The Morgan fingerprint density at radius 1 is 1.32 bits per heavy atom. The van der Waals surface area contributed by atoms with Crippen LogP contribution in [0.15, 0.2) is 25.3 Å². The average Bonchev–Trinajstić information content (AvgIpc) is 2.20. The largest absolute Gasteiger partial charge is 0.444 e. The lowest BCUT2D eigenvalue weighted by atomic mass is 10.00. The van der Waals surface area contributed by atoms with Gasteiger partial charge >= 0.3 is 6.09 Å². The molecule has 4 nitrogen and oxygen atoms in total. The third-order valence-electron chi connectivity index (χ3n) is 2.90. The van der Waals surface area contributed by atoms with Gasteiger partial charge in [-0.25, -0.2) is 4.79 Å². The third-order valence-corrected chi connectivity index (χ3v) is 2.90. The lowest BCUT2D eigenvalue weighted by Crippen LogP contribution is -2.54. The first-order valence-corrected chi connectivity index (χ1v) is 6.77. The summed E-state index contributed by atoms with van der Waals surface area (Å²) < 4.78 is 5.33. The van der Waals surface area contributed by atoms with Crippen molar-refractivity contribution in [1.82, 2.24) is 9.80 Å². The zero-order valence-electron chi connectivity index (χ0n) is 12.4. The van der Waals surface area contributed by atoms with Gasteiger partial charge in [0.1, 0.15) is 5.60 Å². The van der Waals surface area contributed by atoms with Gasteiger partial charge < -0.3 is 9.64 Å². The van der Waals surface area contributed by atoms with Gasteiger partial charge in [0.05, 0.1) is 0 Å². The van der Waals surface area contributed by atoms with Crippen molar-refractivity contribution in [2.75, 3.05) is 32.7 Å². The first kappa shape index (κ1) is 15.8. The molecular formula is C15H26N2O2. The summed E-state index contributed by atoms with van der Waals surface area (Å²) in [6.07, 6.45) is 3.59. The predicted octanol–water partition coefficient (Wildman–Crippen LogP) is 2.53. The molecule has 0 aliphatic carbocycles. The molecule has 0 N–H and O–H groups in total. The quantitative estimate of drug-likeness (QED) is 0.693. The van der Waals surface area contributed by atoms with Crippen molar-refractivity contribution in [2.45, 2.75) is 26.4 Å². The first-order chi connectivity index (χ1) is 8.85. The van der Waals surface area contributed by atoms with E-state index in [1.165, 1.54) is 0 Å². The van der Waals surface area contributed by atoms with E-state index in [1.807, 2.05) is 32.9 Å². The lowest BCUT2D eigenvalue weighted by molar-refractivity contribution is -0.00532. The van der Waals surface area contributed by atoms with E-state index in [9.17, 15) is 4.79 Å². The zero-order chi connectivity index (χ0) is 14.5. The van der Waals surface area contributed by atoms with Crippen LogP contribution >= 0.6 is 0 Å². The smallest absolute Gasteiger partial charge is 0.410 e. The van der Waals surface area contributed by atoms with Crippen molar-refractivity contribution >= 4 is 6.09 Å². The number of ether oxygens (including phenoxy) is 1. The van der Waals surface area contributed by atoms with Crippen LogP contribution in [0.5, 0.6) is 0 Å². The van der Waals surface area contributed by atoms with Crippen molar-refractivity contribution in [3.63, 3.8) is 0 Å². The van der Waals surface area contributed by atoms with Crippen molar-refractivity contribution in [2.24, 2.45) is 5.92 Å². The summed E-state index contributed by atoms with van der Waals surface area (Å²) >= 11 is 0. The molecule has 1 heterocycles. The molecule has 19 heavy (non-hydrogen) atoms. The highest BCUT2D eigenvalue weighted by atomic mass is 16.6. The van der Waals surface area contributed by atoms with E-state index >= 15 is 0 Å². The van der Waals surface area contributed by atoms with Crippen LogP contribution in [0.25, 0.3) is 0 Å². The third kappa shape index (κ3) is 5.47. The number of hydrogen-bond acceptors (Lipinski definition) is 3. The van der Waals surface area contributed by atoms with Crippen molar-refractivity contribution < 1.29 is 9.53 Å². The minimum Gasteiger partial charge on any atom is -0.444 e. The average molecular weight is 266 g/mol. The normalized spacial score (nSPS) is 16.1. The maximum absolute atomic E-state index is 11.8. The van der Waals surface area contributed by atoms with Gasteiger partial charge in [-0.3, -0.25) is 4.90 Å². The van der Waals surface area contributed by atoms with Crippen molar-refractivity contribution in [1.29, 1.82) is 0 Å². The molecule has 0 aromatic carbocycles. The Morgan fingerprint density at radius 2 is 1.84 bits per heavy atom. The highest BCUT2D eigenvalue weighted by Gasteiger charge is 2.34. The summed E-state index contributed by atoms with van der Waals surface area (Å²) in [5, 5.41) is 0. The fourth-order valence-corrected chi connectivity index (χ4v) is 2.11. The molecule has 0 unspecified atom stereocenters. The Kier molecular flexibility index (Phi) is 5.60. The van der Waals surface area contributed by atoms with E-state index in [0.29, 0.717) is 5.92 Å². The van der Waals surface area contributed by atoms with Gasteiger partial charge in [0, 0.05) is 38.6 Å².